The minimum absolute atomic E-state index is 0.368. The first kappa shape index (κ1) is 16.9. The Hall–Kier alpha value is -0.470. The number of halogens is 1. The molecule has 0 aromatic heterocycles. The zero-order chi connectivity index (χ0) is 15.5. The Labute approximate surface area is 135 Å². The van der Waals surface area contributed by atoms with Gasteiger partial charge in [-0.15, -0.1) is 0 Å². The second-order valence-corrected chi connectivity index (χ2v) is 8.36. The lowest BCUT2D eigenvalue weighted by atomic mass is 10.3. The highest BCUT2D eigenvalue weighted by Crippen LogP contribution is 2.20. The van der Waals surface area contributed by atoms with Crippen LogP contribution in [0.4, 0.5) is 0 Å². The third-order valence-corrected chi connectivity index (χ3v) is 6.09. The maximum atomic E-state index is 12.6. The highest BCUT2D eigenvalue weighted by Gasteiger charge is 2.28. The predicted molar refractivity (Wildman–Crippen MR) is 87.9 cm³/mol. The van der Waals surface area contributed by atoms with Gasteiger partial charge in [-0.1, -0.05) is 15.9 Å². The lowest BCUT2D eigenvalue weighted by Crippen LogP contribution is -2.49. The molecule has 1 saturated heterocycles. The average molecular weight is 376 g/mol. The molecule has 0 atom stereocenters. The van der Waals surface area contributed by atoms with Crippen molar-refractivity contribution in [3.05, 3.63) is 28.7 Å². The topological polar surface area (TPSA) is 43.9 Å². The number of benzene rings is 1. The van der Waals surface area contributed by atoms with E-state index in [9.17, 15) is 8.42 Å². The van der Waals surface area contributed by atoms with E-state index in [1.165, 1.54) is 0 Å². The lowest BCUT2D eigenvalue weighted by Gasteiger charge is -2.34. The fourth-order valence-corrected chi connectivity index (χ4v) is 3.98. The standard InChI is InChI=1S/C14H22BrN3O2S/c1-16(2)7-8-17-9-11-18(12-10-17)21(19,20)14-5-3-13(15)4-6-14/h3-6H,7-12H2,1-2H3. The van der Waals surface area contributed by atoms with Crippen LogP contribution in [0.25, 0.3) is 0 Å². The van der Waals surface area contributed by atoms with E-state index in [4.69, 9.17) is 0 Å². The Morgan fingerprint density at radius 3 is 2.19 bits per heavy atom. The Bertz CT molecular complexity index is 552. The minimum atomic E-state index is -3.36. The van der Waals surface area contributed by atoms with E-state index >= 15 is 0 Å². The summed E-state index contributed by atoms with van der Waals surface area (Å²) in [6, 6.07) is 6.83. The van der Waals surface area contributed by atoms with E-state index in [-0.39, 0.29) is 0 Å². The average Bonchev–Trinajstić information content (AvgIpc) is 2.46. The molecule has 0 radical (unpaired) electrons. The van der Waals surface area contributed by atoms with Gasteiger partial charge >= 0.3 is 0 Å². The molecule has 5 nitrogen and oxygen atoms in total. The third kappa shape index (κ3) is 4.50. The molecule has 21 heavy (non-hydrogen) atoms. The molecule has 0 unspecified atom stereocenters. The molecule has 1 fully saturated rings. The van der Waals surface area contributed by atoms with Crippen molar-refractivity contribution in [3.63, 3.8) is 0 Å². The van der Waals surface area contributed by atoms with Crippen molar-refractivity contribution in [2.24, 2.45) is 0 Å². The van der Waals surface area contributed by atoms with Crippen LogP contribution in [0, 0.1) is 0 Å². The zero-order valence-electron chi connectivity index (χ0n) is 12.5. The molecule has 0 N–H and O–H groups in total. The summed E-state index contributed by atoms with van der Waals surface area (Å²) in [5, 5.41) is 0. The van der Waals surface area contributed by atoms with Crippen molar-refractivity contribution < 1.29 is 8.42 Å². The van der Waals surface area contributed by atoms with Crippen LogP contribution in [-0.4, -0.2) is 75.9 Å². The van der Waals surface area contributed by atoms with Crippen molar-refractivity contribution >= 4 is 26.0 Å². The molecule has 2 rings (SSSR count). The van der Waals surface area contributed by atoms with Crippen LogP contribution in [-0.2, 0) is 10.0 Å². The quantitative estimate of drug-likeness (QED) is 0.778. The van der Waals surface area contributed by atoms with Crippen LogP contribution in [0.3, 0.4) is 0 Å². The van der Waals surface area contributed by atoms with Gasteiger partial charge in [-0.2, -0.15) is 4.31 Å². The summed E-state index contributed by atoms with van der Waals surface area (Å²) in [5.74, 6) is 0. The normalized spacial score (nSPS) is 18.3. The summed E-state index contributed by atoms with van der Waals surface area (Å²) in [6.45, 7) is 4.70. The van der Waals surface area contributed by atoms with Crippen LogP contribution >= 0.6 is 15.9 Å². The van der Waals surface area contributed by atoms with Crippen molar-refractivity contribution in [3.8, 4) is 0 Å². The first-order valence-corrected chi connectivity index (χ1v) is 9.26. The number of sulfonamides is 1. The molecule has 1 aliphatic heterocycles. The monoisotopic (exact) mass is 375 g/mol. The summed E-state index contributed by atoms with van der Waals surface area (Å²) in [6.07, 6.45) is 0. The number of nitrogens with zero attached hydrogens (tertiary/aromatic N) is 3. The maximum absolute atomic E-state index is 12.6. The molecule has 1 heterocycles. The van der Waals surface area contributed by atoms with E-state index in [1.54, 1.807) is 28.6 Å². The Balaban J connectivity index is 1.96. The van der Waals surface area contributed by atoms with Crippen LogP contribution in [0.5, 0.6) is 0 Å². The fourth-order valence-electron chi connectivity index (χ4n) is 2.29. The van der Waals surface area contributed by atoms with Crippen LogP contribution < -0.4 is 0 Å². The molecular formula is C14H22BrN3O2S. The molecule has 1 aliphatic rings. The first-order chi connectivity index (χ1) is 9.89. The number of likely N-dealkylation sites (N-methyl/N-ethyl adjacent to an activating group) is 1. The number of rotatable bonds is 5. The molecule has 0 bridgehead atoms. The van der Waals surface area contributed by atoms with Gasteiger partial charge in [0.2, 0.25) is 10.0 Å². The molecule has 1 aromatic carbocycles. The highest BCUT2D eigenvalue weighted by molar-refractivity contribution is 9.10. The molecule has 0 amide bonds. The van der Waals surface area contributed by atoms with E-state index in [1.807, 2.05) is 14.1 Å². The Morgan fingerprint density at radius 1 is 1.10 bits per heavy atom. The van der Waals surface area contributed by atoms with Gasteiger partial charge in [-0.25, -0.2) is 8.42 Å². The molecule has 1 aromatic rings. The van der Waals surface area contributed by atoms with Crippen molar-refractivity contribution in [1.82, 2.24) is 14.1 Å². The number of piperazine rings is 1. The third-order valence-electron chi connectivity index (χ3n) is 3.65. The summed E-state index contributed by atoms with van der Waals surface area (Å²) < 4.78 is 27.6. The van der Waals surface area contributed by atoms with Gasteiger partial charge < -0.3 is 4.90 Å². The van der Waals surface area contributed by atoms with E-state index in [0.29, 0.717) is 18.0 Å². The Kier molecular flexibility index (Phi) is 5.79. The van der Waals surface area contributed by atoms with Crippen molar-refractivity contribution in [1.29, 1.82) is 0 Å². The van der Waals surface area contributed by atoms with Crippen LogP contribution in [0.1, 0.15) is 0 Å². The second-order valence-electron chi connectivity index (χ2n) is 5.50. The van der Waals surface area contributed by atoms with Gasteiger partial charge in [0.1, 0.15) is 0 Å². The molecule has 0 spiro atoms. The zero-order valence-corrected chi connectivity index (χ0v) is 14.9. The number of hydrogen-bond donors (Lipinski definition) is 0. The summed E-state index contributed by atoms with van der Waals surface area (Å²) in [4.78, 5) is 4.82. The van der Waals surface area contributed by atoms with Gasteiger partial charge in [-0.3, -0.25) is 4.90 Å². The summed E-state index contributed by atoms with van der Waals surface area (Å²) in [5.41, 5.74) is 0. The molecule has 118 valence electrons. The van der Waals surface area contributed by atoms with Gasteiger partial charge in [0, 0.05) is 43.7 Å². The summed E-state index contributed by atoms with van der Waals surface area (Å²) in [7, 11) is 0.742. The van der Waals surface area contributed by atoms with Crippen LogP contribution in [0.15, 0.2) is 33.6 Å². The first-order valence-electron chi connectivity index (χ1n) is 7.02. The predicted octanol–water partition coefficient (Wildman–Crippen LogP) is 1.32. The van der Waals surface area contributed by atoms with Crippen LogP contribution in [0.2, 0.25) is 0 Å². The molecular weight excluding hydrogens is 354 g/mol. The number of hydrogen-bond acceptors (Lipinski definition) is 4. The van der Waals surface area contributed by atoms with E-state index in [0.717, 1.165) is 30.7 Å². The SMILES string of the molecule is CN(C)CCN1CCN(S(=O)(=O)c2ccc(Br)cc2)CC1. The molecule has 7 heteroatoms. The van der Waals surface area contributed by atoms with Gasteiger partial charge in [0.05, 0.1) is 4.90 Å². The van der Waals surface area contributed by atoms with E-state index < -0.39 is 10.0 Å². The Morgan fingerprint density at radius 2 is 1.67 bits per heavy atom. The maximum Gasteiger partial charge on any atom is 0.243 e. The molecule has 0 saturated carbocycles. The van der Waals surface area contributed by atoms with Crippen molar-refractivity contribution in [2.75, 3.05) is 53.4 Å². The van der Waals surface area contributed by atoms with Crippen molar-refractivity contribution in [2.45, 2.75) is 4.90 Å². The van der Waals surface area contributed by atoms with Gasteiger partial charge in [-0.05, 0) is 38.4 Å². The lowest BCUT2D eigenvalue weighted by molar-refractivity contribution is 0.174. The van der Waals surface area contributed by atoms with Gasteiger partial charge in [0.15, 0.2) is 0 Å². The molecule has 0 aliphatic carbocycles. The fraction of sp³-hybridized carbons (Fsp3) is 0.571. The van der Waals surface area contributed by atoms with Gasteiger partial charge in [0.25, 0.3) is 0 Å². The second kappa shape index (κ2) is 7.19. The largest absolute Gasteiger partial charge is 0.308 e. The smallest absolute Gasteiger partial charge is 0.243 e. The highest BCUT2D eigenvalue weighted by atomic mass is 79.9. The van der Waals surface area contributed by atoms with E-state index in [2.05, 4.69) is 25.7 Å². The minimum Gasteiger partial charge on any atom is -0.308 e. The summed E-state index contributed by atoms with van der Waals surface area (Å²) >= 11 is 3.33.